The van der Waals surface area contributed by atoms with Gasteiger partial charge in [0.05, 0.1) is 18.9 Å². The molecule has 128 valence electrons. The normalized spacial score (nSPS) is 12.7. The predicted octanol–water partition coefficient (Wildman–Crippen LogP) is 5.13. The van der Waals surface area contributed by atoms with Crippen molar-refractivity contribution in [1.29, 1.82) is 0 Å². The van der Waals surface area contributed by atoms with Crippen molar-refractivity contribution in [2.24, 2.45) is 5.41 Å². The van der Waals surface area contributed by atoms with Gasteiger partial charge in [0.1, 0.15) is 17.0 Å². The van der Waals surface area contributed by atoms with Crippen LogP contribution >= 0.6 is 23.3 Å². The van der Waals surface area contributed by atoms with E-state index in [4.69, 9.17) is 14.5 Å². The number of nitrogens with one attached hydrogen (secondary N) is 1. The third kappa shape index (κ3) is 4.99. The Morgan fingerprint density at radius 1 is 1.13 bits per heavy atom. The highest BCUT2D eigenvalue weighted by Gasteiger charge is 2.26. The zero-order valence-electron chi connectivity index (χ0n) is 14.9. The minimum atomic E-state index is 0.0303. The van der Waals surface area contributed by atoms with E-state index in [-0.39, 0.29) is 11.0 Å². The van der Waals surface area contributed by atoms with Crippen molar-refractivity contribution >= 4 is 33.5 Å². The summed E-state index contributed by atoms with van der Waals surface area (Å²) in [7, 11) is 3.32. The van der Waals surface area contributed by atoms with E-state index in [0.717, 1.165) is 32.5 Å². The molecule has 1 aromatic carbocycles. The van der Waals surface area contributed by atoms with Crippen molar-refractivity contribution in [3.63, 3.8) is 0 Å². The maximum atomic E-state index is 5.43. The van der Waals surface area contributed by atoms with E-state index in [1.807, 2.05) is 12.1 Å². The van der Waals surface area contributed by atoms with Gasteiger partial charge in [0.2, 0.25) is 0 Å². The van der Waals surface area contributed by atoms with Crippen LogP contribution in [-0.4, -0.2) is 24.7 Å². The summed E-state index contributed by atoms with van der Waals surface area (Å²) in [6.45, 7) is 11.2. The molecule has 0 saturated carbocycles. The Morgan fingerprint density at radius 2 is 1.83 bits per heavy atom. The molecule has 23 heavy (non-hydrogen) atoms. The molecule has 0 spiro atoms. The summed E-state index contributed by atoms with van der Waals surface area (Å²) in [5, 5.41) is 0. The molecule has 0 aliphatic carbocycles. The van der Waals surface area contributed by atoms with Gasteiger partial charge in [0.25, 0.3) is 0 Å². The third-order valence-corrected chi connectivity index (χ3v) is 5.47. The van der Waals surface area contributed by atoms with Crippen LogP contribution in [0.15, 0.2) is 16.5 Å². The highest BCUT2D eigenvalue weighted by atomic mass is 32.2. The van der Waals surface area contributed by atoms with Gasteiger partial charge in [0, 0.05) is 11.6 Å². The van der Waals surface area contributed by atoms with Gasteiger partial charge in [-0.25, -0.2) is 4.98 Å². The molecule has 0 saturated heterocycles. The van der Waals surface area contributed by atoms with E-state index in [0.29, 0.717) is 0 Å². The Labute approximate surface area is 147 Å². The Bertz CT molecular complexity index is 675. The van der Waals surface area contributed by atoms with Crippen molar-refractivity contribution in [3.05, 3.63) is 12.1 Å². The van der Waals surface area contributed by atoms with Crippen LogP contribution in [0, 0.1) is 5.41 Å². The van der Waals surface area contributed by atoms with Crippen LogP contribution in [-0.2, 0) is 0 Å². The van der Waals surface area contributed by atoms with Crippen molar-refractivity contribution in [2.75, 3.05) is 14.2 Å². The number of nitrogens with zero attached hydrogens (tertiary/aromatic N) is 1. The van der Waals surface area contributed by atoms with Crippen molar-refractivity contribution < 1.29 is 9.47 Å². The topological polar surface area (TPSA) is 43.4 Å². The number of hydrogen-bond donors (Lipinski definition) is 1. The van der Waals surface area contributed by atoms with E-state index in [1.165, 1.54) is 0 Å². The largest absolute Gasteiger partial charge is 0.497 e. The van der Waals surface area contributed by atoms with Gasteiger partial charge in [-0.3, -0.25) is 4.72 Å². The molecular weight excluding hydrogens is 328 g/mol. The quantitative estimate of drug-likeness (QED) is 0.729. The first-order valence-corrected chi connectivity index (χ1v) is 9.23. The molecule has 0 amide bonds. The standard InChI is InChI=1S/C17H26N2O2S2/c1-16(2,3)10-17(4,5)19-23-15-18-14-12(21-7)8-11(20-6)9-13(14)22-15/h8-9,19H,10H2,1-7H3. The summed E-state index contributed by atoms with van der Waals surface area (Å²) >= 11 is 3.23. The van der Waals surface area contributed by atoms with E-state index in [2.05, 4.69) is 39.3 Å². The van der Waals surface area contributed by atoms with Gasteiger partial charge in [-0.2, -0.15) is 0 Å². The lowest BCUT2D eigenvalue weighted by Gasteiger charge is -2.32. The van der Waals surface area contributed by atoms with Gasteiger partial charge in [-0.1, -0.05) is 20.8 Å². The molecule has 0 unspecified atom stereocenters. The minimum absolute atomic E-state index is 0.0303. The lowest BCUT2D eigenvalue weighted by molar-refractivity contribution is 0.274. The van der Waals surface area contributed by atoms with Gasteiger partial charge in [0.15, 0.2) is 4.34 Å². The van der Waals surface area contributed by atoms with Crippen LogP contribution < -0.4 is 14.2 Å². The second kappa shape index (κ2) is 6.87. The summed E-state index contributed by atoms with van der Waals surface area (Å²) < 4.78 is 16.3. The summed E-state index contributed by atoms with van der Waals surface area (Å²) in [4.78, 5) is 4.70. The average Bonchev–Trinajstić information content (AvgIpc) is 2.84. The number of aromatic nitrogens is 1. The first-order chi connectivity index (χ1) is 10.6. The summed E-state index contributed by atoms with van der Waals surface area (Å²) in [6.07, 6.45) is 1.08. The molecule has 0 aliphatic rings. The molecule has 1 heterocycles. The predicted molar refractivity (Wildman–Crippen MR) is 99.9 cm³/mol. The molecule has 6 heteroatoms. The average molecular weight is 355 g/mol. The Balaban J connectivity index is 2.18. The summed E-state index contributed by atoms with van der Waals surface area (Å²) in [6, 6.07) is 3.87. The molecule has 1 aromatic heterocycles. The fourth-order valence-electron chi connectivity index (χ4n) is 2.82. The Morgan fingerprint density at radius 3 is 2.39 bits per heavy atom. The number of methoxy groups -OCH3 is 2. The van der Waals surface area contributed by atoms with Crippen LogP contribution in [0.5, 0.6) is 11.5 Å². The van der Waals surface area contributed by atoms with Crippen LogP contribution in [0.1, 0.15) is 41.0 Å². The van der Waals surface area contributed by atoms with Crippen LogP contribution in [0.4, 0.5) is 0 Å². The van der Waals surface area contributed by atoms with E-state index in [9.17, 15) is 0 Å². The van der Waals surface area contributed by atoms with Gasteiger partial charge in [-0.15, -0.1) is 11.3 Å². The van der Waals surface area contributed by atoms with E-state index < -0.39 is 0 Å². The zero-order chi connectivity index (χ0) is 17.3. The molecule has 1 N–H and O–H groups in total. The minimum Gasteiger partial charge on any atom is -0.497 e. The maximum Gasteiger partial charge on any atom is 0.166 e. The van der Waals surface area contributed by atoms with Gasteiger partial charge >= 0.3 is 0 Å². The molecule has 4 nitrogen and oxygen atoms in total. The molecule has 0 aliphatic heterocycles. The van der Waals surface area contributed by atoms with Crippen LogP contribution in [0.3, 0.4) is 0 Å². The molecule has 0 radical (unpaired) electrons. The SMILES string of the molecule is COc1cc(OC)c2nc(SNC(C)(C)CC(C)(C)C)sc2c1. The first-order valence-electron chi connectivity index (χ1n) is 7.60. The molecular formula is C17H26N2O2S2. The summed E-state index contributed by atoms with van der Waals surface area (Å²) in [5.41, 5.74) is 1.19. The van der Waals surface area contributed by atoms with E-state index >= 15 is 0 Å². The smallest absolute Gasteiger partial charge is 0.166 e. The van der Waals surface area contributed by atoms with Crippen LogP contribution in [0.25, 0.3) is 10.2 Å². The fourth-order valence-corrected chi connectivity index (χ4v) is 4.69. The highest BCUT2D eigenvalue weighted by molar-refractivity contribution is 7.99. The lowest BCUT2D eigenvalue weighted by atomic mass is 9.82. The molecule has 0 fully saturated rings. The Kier molecular flexibility index (Phi) is 5.48. The van der Waals surface area contributed by atoms with Gasteiger partial charge < -0.3 is 9.47 Å². The molecule has 0 bridgehead atoms. The summed E-state index contributed by atoms with van der Waals surface area (Å²) in [5.74, 6) is 1.53. The van der Waals surface area contributed by atoms with Gasteiger partial charge in [-0.05, 0) is 43.7 Å². The van der Waals surface area contributed by atoms with Crippen molar-refractivity contribution in [3.8, 4) is 11.5 Å². The highest BCUT2D eigenvalue weighted by Crippen LogP contribution is 2.38. The number of benzene rings is 1. The second-order valence-electron chi connectivity index (χ2n) is 7.48. The lowest BCUT2D eigenvalue weighted by Crippen LogP contribution is -2.38. The zero-order valence-corrected chi connectivity index (χ0v) is 16.6. The second-order valence-corrected chi connectivity index (χ2v) is 9.57. The number of fused-ring (bicyclic) bond motifs is 1. The first kappa shape index (κ1) is 18.4. The number of ether oxygens (including phenoxy) is 2. The molecule has 2 rings (SSSR count). The van der Waals surface area contributed by atoms with E-state index in [1.54, 1.807) is 37.5 Å². The molecule has 2 aromatic rings. The van der Waals surface area contributed by atoms with Crippen molar-refractivity contribution in [2.45, 2.75) is 50.9 Å². The Hall–Kier alpha value is -0.980. The number of hydrogen-bond acceptors (Lipinski definition) is 6. The van der Waals surface area contributed by atoms with Crippen LogP contribution in [0.2, 0.25) is 0 Å². The third-order valence-electron chi connectivity index (χ3n) is 3.26. The molecule has 0 atom stereocenters. The maximum absolute atomic E-state index is 5.43. The van der Waals surface area contributed by atoms with Crippen molar-refractivity contribution in [1.82, 2.24) is 9.71 Å². The monoisotopic (exact) mass is 354 g/mol. The number of thiazole rings is 1. The fraction of sp³-hybridized carbons (Fsp3) is 0.588. The number of rotatable bonds is 6.